The molecule has 0 N–H and O–H groups in total. The number of benzene rings is 1. The van der Waals surface area contributed by atoms with Crippen LogP contribution >= 0.6 is 0 Å². The van der Waals surface area contributed by atoms with Crippen molar-refractivity contribution in [2.75, 3.05) is 39.4 Å². The molecule has 0 radical (unpaired) electrons. The highest BCUT2D eigenvalue weighted by molar-refractivity contribution is 5.76. The third-order valence-electron chi connectivity index (χ3n) is 5.52. The minimum Gasteiger partial charge on any atom is -0.379 e. The molecule has 1 aliphatic heterocycles. The third kappa shape index (κ3) is 6.80. The van der Waals surface area contributed by atoms with E-state index in [1.807, 2.05) is 13.8 Å². The SMILES string of the molecule is CC(C)CC(=O)N(CCN1CCOCC1)Cc1nccn1Cc1ccccc1C(F)(F)F. The van der Waals surface area contributed by atoms with Crippen molar-refractivity contribution >= 4 is 5.91 Å². The molecule has 3 rings (SSSR count). The summed E-state index contributed by atoms with van der Waals surface area (Å²) in [7, 11) is 0. The zero-order valence-corrected chi connectivity index (χ0v) is 18.6. The molecule has 1 saturated heterocycles. The van der Waals surface area contributed by atoms with E-state index in [1.165, 1.54) is 12.1 Å². The number of aromatic nitrogens is 2. The first-order chi connectivity index (χ1) is 15.2. The summed E-state index contributed by atoms with van der Waals surface area (Å²) in [4.78, 5) is 21.3. The Morgan fingerprint density at radius 3 is 2.62 bits per heavy atom. The molecule has 2 heterocycles. The summed E-state index contributed by atoms with van der Waals surface area (Å²) in [5, 5.41) is 0. The maximum Gasteiger partial charge on any atom is 0.416 e. The smallest absolute Gasteiger partial charge is 0.379 e. The van der Waals surface area contributed by atoms with Crippen molar-refractivity contribution < 1.29 is 22.7 Å². The molecule has 0 unspecified atom stereocenters. The van der Waals surface area contributed by atoms with Crippen molar-refractivity contribution in [1.29, 1.82) is 0 Å². The van der Waals surface area contributed by atoms with Gasteiger partial charge in [0.25, 0.3) is 0 Å². The molecule has 1 aliphatic rings. The Kier molecular flexibility index (Phi) is 8.31. The van der Waals surface area contributed by atoms with Gasteiger partial charge in [-0.25, -0.2) is 4.98 Å². The largest absolute Gasteiger partial charge is 0.416 e. The van der Waals surface area contributed by atoms with Crippen molar-refractivity contribution in [3.63, 3.8) is 0 Å². The van der Waals surface area contributed by atoms with Crippen molar-refractivity contribution in [3.8, 4) is 0 Å². The minimum absolute atomic E-state index is 0.0264. The highest BCUT2D eigenvalue weighted by atomic mass is 19.4. The average molecular weight is 453 g/mol. The topological polar surface area (TPSA) is 50.6 Å². The number of hydrogen-bond donors (Lipinski definition) is 0. The molecule has 0 saturated carbocycles. The predicted molar refractivity (Wildman–Crippen MR) is 115 cm³/mol. The van der Waals surface area contributed by atoms with Crippen LogP contribution in [0.1, 0.15) is 37.2 Å². The maximum atomic E-state index is 13.4. The van der Waals surface area contributed by atoms with Gasteiger partial charge in [0.1, 0.15) is 5.82 Å². The molecule has 2 aromatic rings. The van der Waals surface area contributed by atoms with Gasteiger partial charge in [-0.2, -0.15) is 13.2 Å². The van der Waals surface area contributed by atoms with E-state index >= 15 is 0 Å². The standard InChI is InChI=1S/C23H31F3N4O2/c1-18(2)15-22(31)30(10-9-28-11-13-32-14-12-28)17-21-27-7-8-29(21)16-19-5-3-4-6-20(19)23(24,25)26/h3-8,18H,9-17H2,1-2H3. The fourth-order valence-electron chi connectivity index (χ4n) is 3.78. The van der Waals surface area contributed by atoms with Crippen molar-refractivity contribution in [2.24, 2.45) is 5.92 Å². The number of nitrogens with zero attached hydrogens (tertiary/aromatic N) is 4. The highest BCUT2D eigenvalue weighted by Crippen LogP contribution is 2.32. The predicted octanol–water partition coefficient (Wildman–Crippen LogP) is 3.66. The van der Waals surface area contributed by atoms with Crippen LogP contribution in [0.5, 0.6) is 0 Å². The van der Waals surface area contributed by atoms with Gasteiger partial charge in [-0.1, -0.05) is 32.0 Å². The molecule has 0 spiro atoms. The summed E-state index contributed by atoms with van der Waals surface area (Å²) in [5.41, 5.74) is -0.479. The van der Waals surface area contributed by atoms with Crippen LogP contribution in [0.3, 0.4) is 0 Å². The monoisotopic (exact) mass is 452 g/mol. The fourth-order valence-corrected chi connectivity index (χ4v) is 3.78. The lowest BCUT2D eigenvalue weighted by molar-refractivity contribution is -0.138. The lowest BCUT2D eigenvalue weighted by Crippen LogP contribution is -2.43. The number of hydrogen-bond acceptors (Lipinski definition) is 4. The van der Waals surface area contributed by atoms with Gasteiger partial charge in [0.2, 0.25) is 5.91 Å². The number of rotatable bonds is 9. The third-order valence-corrected chi connectivity index (χ3v) is 5.52. The normalized spacial score (nSPS) is 15.3. The second-order valence-electron chi connectivity index (χ2n) is 8.49. The van der Waals surface area contributed by atoms with Crippen LogP contribution in [-0.2, 0) is 28.8 Å². The first-order valence-corrected chi connectivity index (χ1v) is 11.0. The summed E-state index contributed by atoms with van der Waals surface area (Å²) < 4.78 is 47.3. The Labute approximate surface area is 187 Å². The molecule has 1 aromatic carbocycles. The number of morpholine rings is 1. The Morgan fingerprint density at radius 2 is 1.94 bits per heavy atom. The number of ether oxygens (including phenoxy) is 1. The molecule has 32 heavy (non-hydrogen) atoms. The van der Waals surface area contributed by atoms with Gasteiger partial charge in [0.05, 0.1) is 25.3 Å². The van der Waals surface area contributed by atoms with Crippen LogP contribution in [0, 0.1) is 5.92 Å². The number of imidazole rings is 1. The van der Waals surface area contributed by atoms with Crippen LogP contribution in [0.15, 0.2) is 36.7 Å². The Balaban J connectivity index is 1.74. The molecular formula is C23H31F3N4O2. The first-order valence-electron chi connectivity index (χ1n) is 11.0. The van der Waals surface area contributed by atoms with Crippen molar-refractivity contribution in [3.05, 3.63) is 53.6 Å². The van der Waals surface area contributed by atoms with E-state index < -0.39 is 11.7 Å². The number of alkyl halides is 3. The Hall–Kier alpha value is -2.39. The van der Waals surface area contributed by atoms with E-state index in [4.69, 9.17) is 4.74 Å². The number of halogens is 3. The number of amides is 1. The molecule has 1 fully saturated rings. The molecule has 0 aliphatic carbocycles. The number of carbonyl (C=O) groups excluding carboxylic acids is 1. The van der Waals surface area contributed by atoms with Crippen LogP contribution in [0.4, 0.5) is 13.2 Å². The second kappa shape index (κ2) is 11.0. The van der Waals surface area contributed by atoms with Crippen molar-refractivity contribution in [1.82, 2.24) is 19.4 Å². The zero-order valence-electron chi connectivity index (χ0n) is 18.6. The Morgan fingerprint density at radius 1 is 1.22 bits per heavy atom. The average Bonchev–Trinajstić information content (AvgIpc) is 3.17. The molecule has 0 bridgehead atoms. The van der Waals surface area contributed by atoms with E-state index in [2.05, 4.69) is 9.88 Å². The van der Waals surface area contributed by atoms with E-state index in [9.17, 15) is 18.0 Å². The summed E-state index contributed by atoms with van der Waals surface area (Å²) in [5.74, 6) is 0.811. The quantitative estimate of drug-likeness (QED) is 0.583. The molecule has 1 amide bonds. The van der Waals surface area contributed by atoms with Gasteiger partial charge in [-0.3, -0.25) is 9.69 Å². The van der Waals surface area contributed by atoms with Gasteiger partial charge in [0.15, 0.2) is 0 Å². The van der Waals surface area contributed by atoms with Gasteiger partial charge in [0, 0.05) is 51.5 Å². The first kappa shape index (κ1) is 24.3. The molecule has 0 atom stereocenters. The van der Waals surface area contributed by atoms with E-state index in [1.54, 1.807) is 27.9 Å². The molecule has 9 heteroatoms. The second-order valence-corrected chi connectivity index (χ2v) is 8.49. The molecule has 176 valence electrons. The minimum atomic E-state index is -4.42. The highest BCUT2D eigenvalue weighted by Gasteiger charge is 2.33. The van der Waals surface area contributed by atoms with Gasteiger partial charge in [-0.15, -0.1) is 0 Å². The summed E-state index contributed by atoms with van der Waals surface area (Å²) in [6, 6.07) is 5.56. The Bertz CT molecular complexity index is 876. The van der Waals surface area contributed by atoms with Crippen LogP contribution in [-0.4, -0.2) is 64.7 Å². The molecule has 6 nitrogen and oxygen atoms in total. The lowest BCUT2D eigenvalue weighted by Gasteiger charge is -2.30. The summed E-state index contributed by atoms with van der Waals surface area (Å²) in [6.45, 7) is 8.58. The van der Waals surface area contributed by atoms with E-state index in [0.29, 0.717) is 32.0 Å². The van der Waals surface area contributed by atoms with E-state index in [0.717, 1.165) is 25.7 Å². The fraction of sp³-hybridized carbons (Fsp3) is 0.565. The van der Waals surface area contributed by atoms with Crippen LogP contribution in [0.2, 0.25) is 0 Å². The van der Waals surface area contributed by atoms with E-state index in [-0.39, 0.29) is 30.5 Å². The molecular weight excluding hydrogens is 421 g/mol. The van der Waals surface area contributed by atoms with Crippen molar-refractivity contribution in [2.45, 2.75) is 39.5 Å². The number of carbonyl (C=O) groups is 1. The van der Waals surface area contributed by atoms with Crippen LogP contribution in [0.25, 0.3) is 0 Å². The van der Waals surface area contributed by atoms with Gasteiger partial charge >= 0.3 is 6.18 Å². The molecule has 1 aromatic heterocycles. The van der Waals surface area contributed by atoms with Crippen LogP contribution < -0.4 is 0 Å². The summed E-state index contributed by atoms with van der Waals surface area (Å²) in [6.07, 6.45) is -0.774. The van der Waals surface area contributed by atoms with Gasteiger partial charge < -0.3 is 14.2 Å². The zero-order chi connectivity index (χ0) is 23.1. The van der Waals surface area contributed by atoms with Gasteiger partial charge in [-0.05, 0) is 17.5 Å². The lowest BCUT2D eigenvalue weighted by atomic mass is 10.1. The maximum absolute atomic E-state index is 13.4. The summed E-state index contributed by atoms with van der Waals surface area (Å²) >= 11 is 0.